The smallest absolute Gasteiger partial charge is 0.333 e. The normalized spacial score (nSPS) is 11.8. The molecule has 2 rings (SSSR count). The van der Waals surface area contributed by atoms with E-state index in [1.165, 1.54) is 7.11 Å². The van der Waals surface area contributed by atoms with E-state index in [0.29, 0.717) is 0 Å². The van der Waals surface area contributed by atoms with Crippen LogP contribution < -0.4 is 5.32 Å². The molecule has 1 unspecified atom stereocenters. The first kappa shape index (κ1) is 16.0. The summed E-state index contributed by atoms with van der Waals surface area (Å²) < 4.78 is 6.74. The van der Waals surface area contributed by atoms with E-state index < -0.39 is 6.04 Å². The molecule has 2 aromatic carbocycles. The molecule has 0 aromatic heterocycles. The second kappa shape index (κ2) is 7.09. The molecule has 2 aromatic rings. The number of hydrogen-bond donors (Lipinski definition) is 1. The van der Waals surface area contributed by atoms with Crippen molar-refractivity contribution >= 4 is 43.5 Å². The number of aryl methyl sites for hydroxylation is 1. The van der Waals surface area contributed by atoms with Crippen LogP contribution in [-0.2, 0) is 9.53 Å². The molecule has 0 heterocycles. The predicted octanol–water partition coefficient (Wildman–Crippen LogP) is 4.85. The van der Waals surface area contributed by atoms with Gasteiger partial charge in [0.25, 0.3) is 0 Å². The lowest BCUT2D eigenvalue weighted by Gasteiger charge is -2.19. The number of carbonyl (C=O) groups excluding carboxylic acids is 1. The fraction of sp³-hybridized carbons (Fsp3) is 0.188. The van der Waals surface area contributed by atoms with Crippen LogP contribution in [0.15, 0.2) is 51.4 Å². The number of rotatable bonds is 4. The van der Waals surface area contributed by atoms with E-state index in [2.05, 4.69) is 37.2 Å². The van der Waals surface area contributed by atoms with Gasteiger partial charge in [0.15, 0.2) is 6.04 Å². The molecule has 3 nitrogen and oxygen atoms in total. The van der Waals surface area contributed by atoms with Gasteiger partial charge in [0.05, 0.1) is 7.11 Å². The van der Waals surface area contributed by atoms with Crippen LogP contribution >= 0.6 is 31.9 Å². The minimum atomic E-state index is -0.570. The summed E-state index contributed by atoms with van der Waals surface area (Å²) in [5.74, 6) is -0.334. The lowest BCUT2D eigenvalue weighted by Crippen LogP contribution is -2.22. The van der Waals surface area contributed by atoms with E-state index in [9.17, 15) is 4.79 Å². The molecule has 0 bridgehead atoms. The number of carbonyl (C=O) groups is 1. The average Bonchev–Trinajstić information content (AvgIpc) is 2.45. The molecular weight excluding hydrogens is 398 g/mol. The first-order chi connectivity index (χ1) is 10.0. The van der Waals surface area contributed by atoms with Gasteiger partial charge in [-0.25, -0.2) is 4.79 Å². The van der Waals surface area contributed by atoms with Gasteiger partial charge in [-0.2, -0.15) is 0 Å². The molecule has 0 saturated heterocycles. The van der Waals surface area contributed by atoms with Gasteiger partial charge < -0.3 is 10.1 Å². The molecule has 0 fully saturated rings. The Bertz CT molecular complexity index is 658. The maximum atomic E-state index is 12.1. The summed E-state index contributed by atoms with van der Waals surface area (Å²) in [6.45, 7) is 2.00. The minimum absolute atomic E-state index is 0.334. The third-order valence-electron chi connectivity index (χ3n) is 3.04. The Labute approximate surface area is 141 Å². The number of nitrogens with one attached hydrogen (secondary N) is 1. The summed E-state index contributed by atoms with van der Waals surface area (Å²) in [6.07, 6.45) is 0. The van der Waals surface area contributed by atoms with Crippen LogP contribution in [0.2, 0.25) is 0 Å². The summed E-state index contributed by atoms with van der Waals surface area (Å²) in [4.78, 5) is 12.1. The van der Waals surface area contributed by atoms with Gasteiger partial charge in [-0.3, -0.25) is 0 Å². The van der Waals surface area contributed by atoms with Gasteiger partial charge in [-0.05, 0) is 42.3 Å². The van der Waals surface area contributed by atoms with Crippen LogP contribution in [0.4, 0.5) is 5.69 Å². The fourth-order valence-corrected chi connectivity index (χ4v) is 3.11. The third-order valence-corrected chi connectivity index (χ3v) is 4.22. The fourth-order valence-electron chi connectivity index (χ4n) is 1.99. The highest BCUT2D eigenvalue weighted by Crippen LogP contribution is 2.29. The number of methoxy groups -OCH3 is 1. The van der Waals surface area contributed by atoms with Gasteiger partial charge >= 0.3 is 5.97 Å². The van der Waals surface area contributed by atoms with Crippen LogP contribution in [0.1, 0.15) is 17.2 Å². The molecule has 0 aliphatic heterocycles. The molecular formula is C16H15Br2NO2. The number of esters is 1. The predicted molar refractivity (Wildman–Crippen MR) is 91.4 cm³/mol. The largest absolute Gasteiger partial charge is 0.467 e. The molecule has 1 atom stereocenters. The van der Waals surface area contributed by atoms with Crippen molar-refractivity contribution in [2.75, 3.05) is 12.4 Å². The van der Waals surface area contributed by atoms with E-state index in [4.69, 9.17) is 4.74 Å². The maximum Gasteiger partial charge on any atom is 0.333 e. The molecule has 0 aliphatic carbocycles. The Balaban J connectivity index is 2.37. The van der Waals surface area contributed by atoms with Gasteiger partial charge in [-0.15, -0.1) is 0 Å². The molecule has 5 heteroatoms. The lowest BCUT2D eigenvalue weighted by molar-refractivity contribution is -0.141. The van der Waals surface area contributed by atoms with Crippen molar-refractivity contribution in [2.45, 2.75) is 13.0 Å². The van der Waals surface area contributed by atoms with Crippen molar-refractivity contribution in [3.8, 4) is 0 Å². The molecule has 21 heavy (non-hydrogen) atoms. The Morgan fingerprint density at radius 1 is 1.19 bits per heavy atom. The Kier molecular flexibility index (Phi) is 5.42. The van der Waals surface area contributed by atoms with Crippen LogP contribution in [0.5, 0.6) is 0 Å². The number of benzene rings is 2. The molecule has 110 valence electrons. The van der Waals surface area contributed by atoms with E-state index in [1.54, 1.807) is 0 Å². The van der Waals surface area contributed by atoms with Crippen molar-refractivity contribution in [1.29, 1.82) is 0 Å². The molecule has 1 N–H and O–H groups in total. The van der Waals surface area contributed by atoms with Crippen molar-refractivity contribution in [1.82, 2.24) is 0 Å². The topological polar surface area (TPSA) is 38.3 Å². The molecule has 0 amide bonds. The third kappa shape index (κ3) is 4.08. The van der Waals surface area contributed by atoms with Gasteiger partial charge in [0, 0.05) is 14.6 Å². The summed E-state index contributed by atoms with van der Waals surface area (Å²) in [5.41, 5.74) is 2.80. The monoisotopic (exact) mass is 411 g/mol. The zero-order chi connectivity index (χ0) is 15.4. The van der Waals surface area contributed by atoms with Gasteiger partial charge in [-0.1, -0.05) is 50.1 Å². The van der Waals surface area contributed by atoms with Crippen molar-refractivity contribution in [3.63, 3.8) is 0 Å². The minimum Gasteiger partial charge on any atom is -0.467 e. The zero-order valence-corrected chi connectivity index (χ0v) is 14.9. The van der Waals surface area contributed by atoms with Crippen LogP contribution in [0.25, 0.3) is 0 Å². The van der Waals surface area contributed by atoms with E-state index in [-0.39, 0.29) is 5.97 Å². The quantitative estimate of drug-likeness (QED) is 0.729. The van der Waals surface area contributed by atoms with Crippen LogP contribution in [0, 0.1) is 6.92 Å². The Morgan fingerprint density at radius 2 is 1.95 bits per heavy atom. The summed E-state index contributed by atoms with van der Waals surface area (Å²) in [5, 5.41) is 3.21. The zero-order valence-electron chi connectivity index (χ0n) is 11.7. The van der Waals surface area contributed by atoms with E-state index >= 15 is 0 Å². The highest BCUT2D eigenvalue weighted by Gasteiger charge is 2.23. The van der Waals surface area contributed by atoms with Crippen LogP contribution in [0.3, 0.4) is 0 Å². The van der Waals surface area contributed by atoms with E-state index in [1.807, 2.05) is 49.4 Å². The summed E-state index contributed by atoms with van der Waals surface area (Å²) in [7, 11) is 1.39. The second-order valence-corrected chi connectivity index (χ2v) is 6.41. The first-order valence-electron chi connectivity index (χ1n) is 6.37. The summed E-state index contributed by atoms with van der Waals surface area (Å²) in [6, 6.07) is 13.0. The van der Waals surface area contributed by atoms with E-state index in [0.717, 1.165) is 25.8 Å². The van der Waals surface area contributed by atoms with Crippen molar-refractivity contribution in [2.24, 2.45) is 0 Å². The molecule has 0 spiro atoms. The van der Waals surface area contributed by atoms with Crippen LogP contribution in [-0.4, -0.2) is 13.1 Å². The average molecular weight is 413 g/mol. The Hall–Kier alpha value is -1.33. The molecule has 0 radical (unpaired) electrons. The number of halogens is 2. The number of hydrogen-bond acceptors (Lipinski definition) is 3. The van der Waals surface area contributed by atoms with Crippen molar-refractivity contribution in [3.05, 3.63) is 62.5 Å². The molecule has 0 aliphatic rings. The highest BCUT2D eigenvalue weighted by molar-refractivity contribution is 9.10. The number of ether oxygens (including phenoxy) is 1. The Morgan fingerprint density at radius 3 is 2.57 bits per heavy atom. The molecule has 0 saturated carbocycles. The highest BCUT2D eigenvalue weighted by atomic mass is 79.9. The summed E-state index contributed by atoms with van der Waals surface area (Å²) >= 11 is 6.94. The van der Waals surface area contributed by atoms with Gasteiger partial charge in [0.2, 0.25) is 0 Å². The lowest BCUT2D eigenvalue weighted by atomic mass is 10.0. The standard InChI is InChI=1S/C16H15Br2NO2/c1-10-6-7-13(14(18)8-10)15(16(20)21-2)19-12-5-3-4-11(17)9-12/h3-9,15,19H,1-2H3. The first-order valence-corrected chi connectivity index (χ1v) is 7.96. The number of anilines is 1. The van der Waals surface area contributed by atoms with Crippen molar-refractivity contribution < 1.29 is 9.53 Å². The maximum absolute atomic E-state index is 12.1. The second-order valence-electron chi connectivity index (χ2n) is 4.64. The SMILES string of the molecule is COC(=O)C(Nc1cccc(Br)c1)c1ccc(C)cc1Br. The van der Waals surface area contributed by atoms with Gasteiger partial charge in [0.1, 0.15) is 0 Å².